The van der Waals surface area contributed by atoms with E-state index in [0.29, 0.717) is 0 Å². The largest absolute Gasteiger partial charge is 0.316 e. The predicted octanol–water partition coefficient (Wildman–Crippen LogP) is 3.64. The molecule has 0 amide bonds. The van der Waals surface area contributed by atoms with Crippen LogP contribution in [0.3, 0.4) is 0 Å². The summed E-state index contributed by atoms with van der Waals surface area (Å²) in [5, 5.41) is 4.88. The van der Waals surface area contributed by atoms with Gasteiger partial charge in [-0.05, 0) is 50.4 Å². The molecule has 1 aliphatic heterocycles. The van der Waals surface area contributed by atoms with Gasteiger partial charge in [0.1, 0.15) is 5.01 Å². The Bertz CT molecular complexity index is 553. The molecule has 2 nitrogen and oxygen atoms in total. The van der Waals surface area contributed by atoms with Crippen molar-refractivity contribution < 1.29 is 0 Å². The average molecular weight is 260 g/mol. The predicted molar refractivity (Wildman–Crippen MR) is 78.4 cm³/mol. The van der Waals surface area contributed by atoms with Crippen molar-refractivity contribution in [1.29, 1.82) is 0 Å². The van der Waals surface area contributed by atoms with Crippen LogP contribution in [0.25, 0.3) is 10.2 Å². The summed E-state index contributed by atoms with van der Waals surface area (Å²) < 4.78 is 1.33. The first-order valence-corrected chi connectivity index (χ1v) is 7.63. The van der Waals surface area contributed by atoms with E-state index in [9.17, 15) is 0 Å². The Labute approximate surface area is 112 Å². The van der Waals surface area contributed by atoms with Crippen LogP contribution in [0.5, 0.6) is 0 Å². The van der Waals surface area contributed by atoms with Gasteiger partial charge < -0.3 is 5.32 Å². The molecule has 3 rings (SSSR count). The molecule has 1 N–H and O–H groups in total. The highest BCUT2D eigenvalue weighted by Crippen LogP contribution is 2.38. The SMILES string of the molecule is CCC1(c2nc3cc(C)ccc3s2)CCCNC1. The Morgan fingerprint density at radius 2 is 2.33 bits per heavy atom. The lowest BCUT2D eigenvalue weighted by molar-refractivity contribution is 0.302. The second kappa shape index (κ2) is 4.63. The zero-order chi connectivity index (χ0) is 12.6. The smallest absolute Gasteiger partial charge is 0.101 e. The third-order valence-electron chi connectivity index (χ3n) is 4.15. The highest BCUT2D eigenvalue weighted by atomic mass is 32.1. The van der Waals surface area contributed by atoms with Crippen molar-refractivity contribution in [2.24, 2.45) is 0 Å². The molecule has 1 atom stereocenters. The van der Waals surface area contributed by atoms with Gasteiger partial charge in [-0.25, -0.2) is 4.98 Å². The lowest BCUT2D eigenvalue weighted by Gasteiger charge is -2.35. The fourth-order valence-corrected chi connectivity index (χ4v) is 4.10. The molecule has 1 fully saturated rings. The third kappa shape index (κ3) is 1.95. The lowest BCUT2D eigenvalue weighted by atomic mass is 9.79. The molecule has 2 heterocycles. The van der Waals surface area contributed by atoms with Crippen molar-refractivity contribution >= 4 is 21.6 Å². The first-order valence-electron chi connectivity index (χ1n) is 6.82. The topological polar surface area (TPSA) is 24.9 Å². The molecular formula is C15H20N2S. The van der Waals surface area contributed by atoms with E-state index < -0.39 is 0 Å². The number of hydrogen-bond donors (Lipinski definition) is 1. The minimum Gasteiger partial charge on any atom is -0.316 e. The number of nitrogens with zero attached hydrogens (tertiary/aromatic N) is 1. The number of benzene rings is 1. The van der Waals surface area contributed by atoms with Gasteiger partial charge >= 0.3 is 0 Å². The summed E-state index contributed by atoms with van der Waals surface area (Å²) in [5.74, 6) is 0. The molecule has 1 aromatic heterocycles. The minimum atomic E-state index is 0.274. The summed E-state index contributed by atoms with van der Waals surface area (Å²) in [6.07, 6.45) is 3.72. The highest BCUT2D eigenvalue weighted by Gasteiger charge is 2.35. The van der Waals surface area contributed by atoms with E-state index >= 15 is 0 Å². The number of piperidine rings is 1. The van der Waals surface area contributed by atoms with Crippen molar-refractivity contribution in [3.05, 3.63) is 28.8 Å². The van der Waals surface area contributed by atoms with Crippen LogP contribution in [-0.2, 0) is 5.41 Å². The molecule has 96 valence electrons. The van der Waals surface area contributed by atoms with Crippen LogP contribution in [0.2, 0.25) is 0 Å². The number of nitrogens with one attached hydrogen (secondary N) is 1. The van der Waals surface area contributed by atoms with Gasteiger partial charge in [0, 0.05) is 12.0 Å². The average Bonchev–Trinajstić information content (AvgIpc) is 2.83. The first kappa shape index (κ1) is 12.1. The van der Waals surface area contributed by atoms with Crippen molar-refractivity contribution in [3.63, 3.8) is 0 Å². The molecule has 0 radical (unpaired) electrons. The molecule has 0 saturated carbocycles. The maximum absolute atomic E-state index is 4.92. The maximum atomic E-state index is 4.92. The Balaban J connectivity index is 2.06. The molecule has 18 heavy (non-hydrogen) atoms. The molecule has 1 aliphatic rings. The zero-order valence-electron chi connectivity index (χ0n) is 11.1. The van der Waals surface area contributed by atoms with Crippen molar-refractivity contribution in [1.82, 2.24) is 10.3 Å². The van der Waals surface area contributed by atoms with Crippen LogP contribution in [-0.4, -0.2) is 18.1 Å². The van der Waals surface area contributed by atoms with E-state index in [-0.39, 0.29) is 5.41 Å². The Kier molecular flexibility index (Phi) is 3.12. The molecule has 1 aromatic carbocycles. The second-order valence-electron chi connectivity index (χ2n) is 5.40. The summed E-state index contributed by atoms with van der Waals surface area (Å²) in [4.78, 5) is 4.92. The van der Waals surface area contributed by atoms with Gasteiger partial charge in [-0.3, -0.25) is 0 Å². The summed E-state index contributed by atoms with van der Waals surface area (Å²) in [7, 11) is 0. The molecule has 3 heteroatoms. The van der Waals surface area contributed by atoms with E-state index in [4.69, 9.17) is 4.98 Å². The third-order valence-corrected chi connectivity index (χ3v) is 5.43. The quantitative estimate of drug-likeness (QED) is 0.892. The number of aryl methyl sites for hydroxylation is 1. The van der Waals surface area contributed by atoms with Gasteiger partial charge in [0.15, 0.2) is 0 Å². The van der Waals surface area contributed by atoms with Crippen LogP contribution in [0.1, 0.15) is 36.8 Å². The van der Waals surface area contributed by atoms with E-state index in [1.165, 1.54) is 40.1 Å². The van der Waals surface area contributed by atoms with Crippen LogP contribution in [0, 0.1) is 6.92 Å². The summed E-state index contributed by atoms with van der Waals surface area (Å²) in [5.41, 5.74) is 2.75. The molecular weight excluding hydrogens is 240 g/mol. The van der Waals surface area contributed by atoms with Gasteiger partial charge in [0.25, 0.3) is 0 Å². The van der Waals surface area contributed by atoms with E-state index in [2.05, 4.69) is 37.4 Å². The van der Waals surface area contributed by atoms with Crippen LogP contribution in [0.4, 0.5) is 0 Å². The number of rotatable bonds is 2. The van der Waals surface area contributed by atoms with Gasteiger partial charge in [0.2, 0.25) is 0 Å². The highest BCUT2D eigenvalue weighted by molar-refractivity contribution is 7.18. The monoisotopic (exact) mass is 260 g/mol. The molecule has 2 aromatic rings. The summed E-state index contributed by atoms with van der Waals surface area (Å²) >= 11 is 1.88. The molecule has 0 spiro atoms. The summed E-state index contributed by atoms with van der Waals surface area (Å²) in [6.45, 7) is 6.68. The van der Waals surface area contributed by atoms with Crippen LogP contribution < -0.4 is 5.32 Å². The summed E-state index contributed by atoms with van der Waals surface area (Å²) in [6, 6.07) is 6.60. The standard InChI is InChI=1S/C15H20N2S/c1-3-15(7-4-8-16-10-15)14-17-12-9-11(2)5-6-13(12)18-14/h5-6,9,16H,3-4,7-8,10H2,1-2H3. The van der Waals surface area contributed by atoms with Gasteiger partial charge in [-0.2, -0.15) is 0 Å². The Hall–Kier alpha value is -0.930. The number of aromatic nitrogens is 1. The normalized spacial score (nSPS) is 24.6. The van der Waals surface area contributed by atoms with Crippen molar-refractivity contribution in [2.75, 3.05) is 13.1 Å². The van der Waals surface area contributed by atoms with Gasteiger partial charge in [0.05, 0.1) is 10.2 Å². The fourth-order valence-electron chi connectivity index (χ4n) is 2.87. The van der Waals surface area contributed by atoms with Crippen LogP contribution in [0.15, 0.2) is 18.2 Å². The minimum absolute atomic E-state index is 0.274. The fraction of sp³-hybridized carbons (Fsp3) is 0.533. The van der Waals surface area contributed by atoms with Crippen molar-refractivity contribution in [3.8, 4) is 0 Å². The van der Waals surface area contributed by atoms with E-state index in [0.717, 1.165) is 13.1 Å². The second-order valence-corrected chi connectivity index (χ2v) is 6.44. The molecule has 0 aliphatic carbocycles. The Morgan fingerprint density at radius 1 is 1.44 bits per heavy atom. The molecule has 1 saturated heterocycles. The van der Waals surface area contributed by atoms with Gasteiger partial charge in [-0.15, -0.1) is 11.3 Å². The van der Waals surface area contributed by atoms with E-state index in [1.807, 2.05) is 11.3 Å². The lowest BCUT2D eigenvalue weighted by Crippen LogP contribution is -2.42. The Morgan fingerprint density at radius 3 is 3.06 bits per heavy atom. The van der Waals surface area contributed by atoms with Gasteiger partial charge in [-0.1, -0.05) is 13.0 Å². The van der Waals surface area contributed by atoms with Crippen LogP contribution >= 0.6 is 11.3 Å². The number of fused-ring (bicyclic) bond motifs is 1. The van der Waals surface area contributed by atoms with E-state index in [1.54, 1.807) is 0 Å². The van der Waals surface area contributed by atoms with Crippen molar-refractivity contribution in [2.45, 2.75) is 38.5 Å². The number of thiazole rings is 1. The zero-order valence-corrected chi connectivity index (χ0v) is 11.9. The molecule has 0 bridgehead atoms. The molecule has 1 unspecified atom stereocenters. The maximum Gasteiger partial charge on any atom is 0.101 e. The number of hydrogen-bond acceptors (Lipinski definition) is 3. The first-order chi connectivity index (χ1) is 8.73.